The zero-order valence-electron chi connectivity index (χ0n) is 17.3. The van der Waals surface area contributed by atoms with Crippen molar-refractivity contribution in [1.82, 2.24) is 4.98 Å². The van der Waals surface area contributed by atoms with Gasteiger partial charge in [-0.25, -0.2) is 13.2 Å². The Morgan fingerprint density at radius 1 is 1.06 bits per heavy atom. The number of alkyl halides is 2. The molecule has 176 valence electrons. The van der Waals surface area contributed by atoms with Crippen molar-refractivity contribution in [1.29, 1.82) is 0 Å². The molecule has 0 aliphatic rings. The number of hydrogen-bond acceptors (Lipinski definition) is 4. The van der Waals surface area contributed by atoms with Gasteiger partial charge in [0.25, 0.3) is 0 Å². The van der Waals surface area contributed by atoms with E-state index in [9.17, 15) is 22.0 Å². The molecule has 0 aliphatic carbocycles. The number of rotatable bonds is 6. The second-order valence-corrected chi connectivity index (χ2v) is 10.2. The Kier molecular flexibility index (Phi) is 6.05. The van der Waals surface area contributed by atoms with Gasteiger partial charge in [-0.05, 0) is 67.1 Å². The van der Waals surface area contributed by atoms with Gasteiger partial charge < -0.3 is 14.8 Å². The second kappa shape index (κ2) is 8.57. The van der Waals surface area contributed by atoms with Gasteiger partial charge in [-0.1, -0.05) is 23.2 Å². The Bertz CT molecular complexity index is 1510. The highest BCUT2D eigenvalue weighted by atomic mass is 35.5. The van der Waals surface area contributed by atoms with E-state index in [1.165, 1.54) is 43.5 Å². The Balaban J connectivity index is 1.74. The largest absolute Gasteiger partial charge is 0.477 e. The molecule has 0 aliphatic heterocycles. The van der Waals surface area contributed by atoms with E-state index in [-0.39, 0.29) is 31.9 Å². The van der Waals surface area contributed by atoms with E-state index < -0.39 is 27.3 Å². The fraction of sp³-hybridized carbons (Fsp3) is 0.0870. The average molecular weight is 526 g/mol. The molecule has 3 aromatic carbocycles. The van der Waals surface area contributed by atoms with Crippen LogP contribution in [0.3, 0.4) is 0 Å². The van der Waals surface area contributed by atoms with Crippen molar-refractivity contribution in [3.63, 3.8) is 0 Å². The van der Waals surface area contributed by atoms with E-state index in [1.807, 2.05) is 0 Å². The first kappa shape index (κ1) is 24.0. The molecule has 0 unspecified atom stereocenters. The molecule has 0 spiro atoms. The lowest BCUT2D eigenvalue weighted by Crippen LogP contribution is -2.25. The normalized spacial score (nSPS) is 12.1. The Morgan fingerprint density at radius 2 is 1.74 bits per heavy atom. The average Bonchev–Trinajstić information content (AvgIpc) is 3.20. The van der Waals surface area contributed by atoms with Gasteiger partial charge >= 0.3 is 11.9 Å². The van der Waals surface area contributed by atoms with Crippen molar-refractivity contribution in [2.75, 3.05) is 0 Å². The molecule has 1 heterocycles. The Morgan fingerprint density at radius 3 is 2.35 bits per heavy atom. The van der Waals surface area contributed by atoms with E-state index in [1.54, 1.807) is 12.1 Å². The first-order chi connectivity index (χ1) is 15.9. The number of fused-ring (bicyclic) bond motifs is 1. The molecule has 4 aromatic rings. The van der Waals surface area contributed by atoms with Crippen LogP contribution in [-0.4, -0.2) is 24.5 Å². The van der Waals surface area contributed by atoms with Gasteiger partial charge in [-0.15, -0.1) is 0 Å². The van der Waals surface area contributed by atoms with Crippen LogP contribution in [0.25, 0.3) is 10.9 Å². The quantitative estimate of drug-likeness (QED) is 0.296. The van der Waals surface area contributed by atoms with Crippen LogP contribution < -0.4 is 4.74 Å². The van der Waals surface area contributed by atoms with E-state index in [2.05, 4.69) is 4.98 Å². The van der Waals surface area contributed by atoms with Crippen LogP contribution >= 0.6 is 23.2 Å². The van der Waals surface area contributed by atoms with Gasteiger partial charge in [0.1, 0.15) is 11.5 Å². The van der Waals surface area contributed by atoms with Crippen LogP contribution in [0.15, 0.2) is 70.6 Å². The summed E-state index contributed by atoms with van der Waals surface area (Å²) in [7, 11) is -3.89. The summed E-state index contributed by atoms with van der Waals surface area (Å²) < 4.78 is 59.8. The van der Waals surface area contributed by atoms with Crippen LogP contribution in [0.1, 0.15) is 11.1 Å². The first-order valence-electron chi connectivity index (χ1n) is 9.62. The summed E-state index contributed by atoms with van der Waals surface area (Å²) in [4.78, 5) is 13.8. The predicted molar refractivity (Wildman–Crippen MR) is 123 cm³/mol. The van der Waals surface area contributed by atoms with Gasteiger partial charge in [0.15, 0.2) is 0 Å². The molecule has 0 radical (unpaired) electrons. The Labute approximate surface area is 202 Å². The van der Waals surface area contributed by atoms with E-state index in [4.69, 9.17) is 33.0 Å². The minimum atomic E-state index is -4.12. The zero-order chi connectivity index (χ0) is 24.8. The molecule has 0 amide bonds. The minimum absolute atomic E-state index is 0.00883. The van der Waals surface area contributed by atoms with Gasteiger partial charge in [-0.2, -0.15) is 8.78 Å². The summed E-state index contributed by atoms with van der Waals surface area (Å²) in [6.07, 6.45) is 1.36. The Hall–Kier alpha value is -3.14. The number of halogens is 4. The molecule has 6 nitrogen and oxygen atoms in total. The number of carboxylic acids is 1. The number of ether oxygens (including phenoxy) is 1. The maximum absolute atomic E-state index is 13.9. The fourth-order valence-corrected chi connectivity index (χ4v) is 5.24. The van der Waals surface area contributed by atoms with Gasteiger partial charge in [0.2, 0.25) is 9.84 Å². The number of aromatic nitrogens is 1. The van der Waals surface area contributed by atoms with Crippen LogP contribution in [0, 0.1) is 6.92 Å². The predicted octanol–water partition coefficient (Wildman–Crippen LogP) is 6.58. The van der Waals surface area contributed by atoms with E-state index in [0.29, 0.717) is 15.9 Å². The lowest BCUT2D eigenvalue weighted by molar-refractivity contribution is -0.166. The molecule has 34 heavy (non-hydrogen) atoms. The molecule has 4 rings (SSSR count). The molecule has 11 heteroatoms. The smallest absolute Gasteiger partial charge is 0.379 e. The van der Waals surface area contributed by atoms with Crippen LogP contribution in [-0.2, 0) is 20.6 Å². The third-order valence-electron chi connectivity index (χ3n) is 5.11. The highest BCUT2D eigenvalue weighted by Gasteiger charge is 2.41. The molecule has 0 saturated heterocycles. The summed E-state index contributed by atoms with van der Waals surface area (Å²) in [5.41, 5.74) is -0.0852. The third-order valence-corrected chi connectivity index (χ3v) is 7.45. The molecule has 0 atom stereocenters. The number of carboxylic acid groups (broad SMARTS) is 1. The lowest BCUT2D eigenvalue weighted by atomic mass is 10.0. The number of sulfone groups is 1. The van der Waals surface area contributed by atoms with Crippen molar-refractivity contribution < 1.29 is 31.8 Å². The number of aromatic amines is 1. The SMILES string of the molecule is Cc1cc(C(F)(F)C(=O)O)cc(Cl)c1Oc1ccc2[nH]cc(S(=O)(=O)c3ccc(Cl)cc3)c2c1. The highest BCUT2D eigenvalue weighted by molar-refractivity contribution is 7.91. The summed E-state index contributed by atoms with van der Waals surface area (Å²) in [5.74, 6) is -6.20. The summed E-state index contributed by atoms with van der Waals surface area (Å²) in [6.45, 7) is 1.44. The number of H-pyrrole nitrogens is 1. The van der Waals surface area contributed by atoms with Crippen molar-refractivity contribution in [3.8, 4) is 11.5 Å². The number of aliphatic carboxylic acids is 1. The van der Waals surface area contributed by atoms with Crippen LogP contribution in [0.2, 0.25) is 10.0 Å². The van der Waals surface area contributed by atoms with Gasteiger partial charge in [-0.3, -0.25) is 0 Å². The minimum Gasteiger partial charge on any atom is -0.477 e. The second-order valence-electron chi connectivity index (χ2n) is 7.40. The number of nitrogens with one attached hydrogen (secondary N) is 1. The number of carbonyl (C=O) groups is 1. The van der Waals surface area contributed by atoms with Gasteiger partial charge in [0.05, 0.1) is 14.8 Å². The maximum Gasteiger partial charge on any atom is 0.379 e. The van der Waals surface area contributed by atoms with E-state index >= 15 is 0 Å². The monoisotopic (exact) mass is 525 g/mol. The van der Waals surface area contributed by atoms with Crippen molar-refractivity contribution in [2.24, 2.45) is 0 Å². The molecule has 1 aromatic heterocycles. The first-order valence-corrected chi connectivity index (χ1v) is 11.9. The third kappa shape index (κ3) is 4.22. The van der Waals surface area contributed by atoms with Crippen molar-refractivity contribution in [2.45, 2.75) is 22.6 Å². The highest BCUT2D eigenvalue weighted by Crippen LogP contribution is 2.40. The summed E-state index contributed by atoms with van der Waals surface area (Å²) in [6, 6.07) is 12.2. The van der Waals surface area contributed by atoms with Crippen molar-refractivity contribution in [3.05, 3.63) is 82.0 Å². The molecule has 0 bridgehead atoms. The van der Waals surface area contributed by atoms with E-state index in [0.717, 1.165) is 12.1 Å². The molecular weight excluding hydrogens is 511 g/mol. The lowest BCUT2D eigenvalue weighted by Gasteiger charge is -2.16. The van der Waals surface area contributed by atoms with Crippen molar-refractivity contribution >= 4 is 49.9 Å². The molecule has 0 saturated carbocycles. The van der Waals surface area contributed by atoms with Crippen LogP contribution in [0.5, 0.6) is 11.5 Å². The maximum atomic E-state index is 13.9. The summed E-state index contributed by atoms with van der Waals surface area (Å²) in [5, 5.41) is 9.28. The molecule has 0 fully saturated rings. The fourth-order valence-electron chi connectivity index (χ4n) is 3.38. The number of hydrogen-bond donors (Lipinski definition) is 2. The molecular formula is C23H15Cl2F2NO5S. The number of benzene rings is 3. The number of aryl methyl sites for hydroxylation is 1. The van der Waals surface area contributed by atoms with Gasteiger partial charge in [0, 0.05) is 27.7 Å². The zero-order valence-corrected chi connectivity index (χ0v) is 19.6. The standard InChI is InChI=1S/C23H15Cl2F2NO5S/c1-12-8-13(23(26,27)22(29)30)9-18(25)21(12)33-15-4-7-19-17(10-15)20(11-28-19)34(31,32)16-5-2-14(24)3-6-16/h2-11,28H,1H3,(H,29,30). The summed E-state index contributed by atoms with van der Waals surface area (Å²) >= 11 is 12.0. The molecule has 2 N–H and O–H groups in total. The topological polar surface area (TPSA) is 96.5 Å². The van der Waals surface area contributed by atoms with Crippen LogP contribution in [0.4, 0.5) is 8.78 Å².